The average molecular weight is 1140 g/mol. The van der Waals surface area contributed by atoms with Crippen LogP contribution in [0.1, 0.15) is 309 Å². The van der Waals surface area contributed by atoms with Crippen LogP contribution in [0.4, 0.5) is 0 Å². The van der Waals surface area contributed by atoms with E-state index in [4.69, 9.17) is 18.9 Å². The number of ether oxygens (including phenoxy) is 4. The molecule has 0 N–H and O–H groups in total. The van der Waals surface area contributed by atoms with Gasteiger partial charge in [-0.15, -0.1) is 0 Å². The second kappa shape index (κ2) is 62.8. The molecule has 9 nitrogen and oxygen atoms in total. The summed E-state index contributed by atoms with van der Waals surface area (Å²) in [6.45, 7) is 4.64. The Hall–Kier alpha value is -3.27. The number of hydrogen-bond donors (Lipinski definition) is 0. The van der Waals surface area contributed by atoms with E-state index in [1.807, 2.05) is 21.1 Å². The number of quaternary nitrogens is 1. The fourth-order valence-electron chi connectivity index (χ4n) is 9.74. The molecule has 0 aliphatic heterocycles. The predicted octanol–water partition coefficient (Wildman–Crippen LogP) is 19.6. The highest BCUT2D eigenvalue weighted by atomic mass is 16.7. The molecule has 0 fully saturated rings. The Morgan fingerprint density at radius 1 is 0.383 bits per heavy atom. The Bertz CT molecular complexity index is 1560. The summed E-state index contributed by atoms with van der Waals surface area (Å²) >= 11 is 0. The number of hydrogen-bond acceptors (Lipinski definition) is 8. The van der Waals surface area contributed by atoms with Crippen LogP contribution in [0.25, 0.3) is 0 Å². The number of likely N-dealkylation sites (N-methyl/N-ethyl adjacent to an activating group) is 1. The molecule has 0 rings (SSSR count). The number of carbonyl (C=O) groups is 3. The zero-order chi connectivity index (χ0) is 59.1. The molecule has 2 atom stereocenters. The quantitative estimate of drug-likeness (QED) is 0.0195. The zero-order valence-electron chi connectivity index (χ0n) is 53.7. The van der Waals surface area contributed by atoms with Gasteiger partial charge < -0.3 is 33.3 Å². The van der Waals surface area contributed by atoms with Crippen LogP contribution in [0.5, 0.6) is 0 Å². The number of carbonyl (C=O) groups excluding carboxylic acids is 3. The van der Waals surface area contributed by atoms with Crippen molar-refractivity contribution in [3.63, 3.8) is 0 Å². The molecule has 470 valence electrons. The van der Waals surface area contributed by atoms with Gasteiger partial charge in [0, 0.05) is 12.8 Å². The van der Waals surface area contributed by atoms with Crippen LogP contribution in [0.2, 0.25) is 0 Å². The first kappa shape index (κ1) is 77.7. The first-order valence-corrected chi connectivity index (χ1v) is 34.1. The predicted molar refractivity (Wildman–Crippen MR) is 343 cm³/mol. The third kappa shape index (κ3) is 64.1. The molecule has 0 bridgehead atoms. The molecule has 0 spiro atoms. The summed E-state index contributed by atoms with van der Waals surface area (Å²) in [6.07, 6.45) is 79.9. The van der Waals surface area contributed by atoms with E-state index in [0.717, 1.165) is 64.2 Å². The van der Waals surface area contributed by atoms with Crippen LogP contribution in [-0.4, -0.2) is 82.3 Å². The van der Waals surface area contributed by atoms with Crippen LogP contribution >= 0.6 is 0 Å². The molecule has 0 aliphatic rings. The minimum atomic E-state index is -1.62. The van der Waals surface area contributed by atoms with Crippen molar-refractivity contribution in [3.8, 4) is 0 Å². The first-order valence-electron chi connectivity index (χ1n) is 34.1. The average Bonchev–Trinajstić information content (AvgIpc) is 3.44. The number of allylic oxidation sites excluding steroid dienone is 12. The molecule has 0 aromatic heterocycles. The second-order valence-electron chi connectivity index (χ2n) is 24.1. The highest BCUT2D eigenvalue weighted by molar-refractivity contribution is 5.70. The molecule has 0 heterocycles. The van der Waals surface area contributed by atoms with E-state index >= 15 is 0 Å². The molecule has 2 unspecified atom stereocenters. The van der Waals surface area contributed by atoms with E-state index in [0.29, 0.717) is 17.4 Å². The summed E-state index contributed by atoms with van der Waals surface area (Å²) in [5, 5.41) is 11.8. The summed E-state index contributed by atoms with van der Waals surface area (Å²) < 4.78 is 22.8. The van der Waals surface area contributed by atoms with E-state index in [9.17, 15) is 19.5 Å². The van der Waals surface area contributed by atoms with Gasteiger partial charge in [0.2, 0.25) is 0 Å². The summed E-state index contributed by atoms with van der Waals surface area (Å²) in [5.74, 6) is -2.27. The van der Waals surface area contributed by atoms with E-state index in [1.54, 1.807) is 0 Å². The second-order valence-corrected chi connectivity index (χ2v) is 24.1. The van der Waals surface area contributed by atoms with Gasteiger partial charge in [-0.3, -0.25) is 9.59 Å². The molecule has 0 radical (unpaired) electrons. The SMILES string of the molecule is CC/C=C\C/C=C\C/C=C\C/C=C\CCCCCCCCCCCCCCCCCCCCCCCCCCC(=O)OC(COC(=O)CCCCCCCCCCC/C=C\C/C=C\CCCCC)COC(OCC[N+](C)(C)C)C(=O)[O-]. The number of carboxylic acid groups (broad SMARTS) is 1. The van der Waals surface area contributed by atoms with Gasteiger partial charge in [-0.05, 0) is 83.5 Å². The van der Waals surface area contributed by atoms with Gasteiger partial charge >= 0.3 is 11.9 Å². The van der Waals surface area contributed by atoms with Gasteiger partial charge in [-0.25, -0.2) is 0 Å². The number of rotatable bonds is 63. The molecule has 0 aromatic rings. The Morgan fingerprint density at radius 2 is 0.704 bits per heavy atom. The molecule has 0 aromatic carbocycles. The van der Waals surface area contributed by atoms with Gasteiger partial charge in [0.15, 0.2) is 12.4 Å². The highest BCUT2D eigenvalue weighted by Crippen LogP contribution is 2.18. The lowest BCUT2D eigenvalue weighted by atomic mass is 10.0. The number of esters is 2. The highest BCUT2D eigenvalue weighted by Gasteiger charge is 2.22. The first-order chi connectivity index (χ1) is 39.6. The molecule has 81 heavy (non-hydrogen) atoms. The van der Waals surface area contributed by atoms with Crippen LogP contribution < -0.4 is 5.11 Å². The Balaban J connectivity index is 4.02. The summed E-state index contributed by atoms with van der Waals surface area (Å²) in [4.78, 5) is 37.4. The van der Waals surface area contributed by atoms with Gasteiger partial charge in [-0.2, -0.15) is 0 Å². The van der Waals surface area contributed by atoms with Crippen molar-refractivity contribution in [2.45, 2.75) is 322 Å². The Labute approximate surface area is 500 Å². The normalized spacial score (nSPS) is 13.1. The fraction of sp³-hybridized carbons (Fsp3) is 0.792. The van der Waals surface area contributed by atoms with Gasteiger partial charge in [-0.1, -0.05) is 286 Å². The molecule has 0 aliphatic carbocycles. The summed E-state index contributed by atoms with van der Waals surface area (Å²) in [5.41, 5.74) is 0. The van der Waals surface area contributed by atoms with Crippen LogP contribution in [0, 0.1) is 0 Å². The van der Waals surface area contributed by atoms with E-state index < -0.39 is 24.3 Å². The molecular formula is C72H129NO8. The molecule has 0 amide bonds. The smallest absolute Gasteiger partial charge is 0.306 e. The molecule has 0 saturated carbocycles. The molecular weight excluding hydrogens is 1010 g/mol. The van der Waals surface area contributed by atoms with Crippen molar-refractivity contribution in [2.75, 3.05) is 47.5 Å². The minimum Gasteiger partial charge on any atom is -0.545 e. The number of nitrogens with zero attached hydrogens (tertiary/aromatic N) is 1. The number of aliphatic carboxylic acids is 1. The van der Waals surface area contributed by atoms with Gasteiger partial charge in [0.05, 0.1) is 40.3 Å². The molecule has 9 heteroatoms. The van der Waals surface area contributed by atoms with Crippen molar-refractivity contribution in [3.05, 3.63) is 72.9 Å². The largest absolute Gasteiger partial charge is 0.545 e. The van der Waals surface area contributed by atoms with Crippen molar-refractivity contribution < 1.29 is 42.9 Å². The maximum Gasteiger partial charge on any atom is 0.306 e. The maximum absolute atomic E-state index is 12.9. The third-order valence-corrected chi connectivity index (χ3v) is 14.9. The van der Waals surface area contributed by atoms with Crippen molar-refractivity contribution >= 4 is 17.9 Å². The number of unbranched alkanes of at least 4 members (excludes halogenated alkanes) is 36. The third-order valence-electron chi connectivity index (χ3n) is 14.9. The lowest BCUT2D eigenvalue weighted by Gasteiger charge is -2.26. The van der Waals surface area contributed by atoms with E-state index in [-0.39, 0.29) is 38.6 Å². The van der Waals surface area contributed by atoms with Crippen LogP contribution in [0.15, 0.2) is 72.9 Å². The summed E-state index contributed by atoms with van der Waals surface area (Å²) in [6, 6.07) is 0. The summed E-state index contributed by atoms with van der Waals surface area (Å²) in [7, 11) is 5.93. The lowest BCUT2D eigenvalue weighted by molar-refractivity contribution is -0.870. The van der Waals surface area contributed by atoms with Crippen molar-refractivity contribution in [2.24, 2.45) is 0 Å². The zero-order valence-corrected chi connectivity index (χ0v) is 53.7. The van der Waals surface area contributed by atoms with Gasteiger partial charge in [0.1, 0.15) is 13.2 Å². The van der Waals surface area contributed by atoms with Gasteiger partial charge in [0.25, 0.3) is 0 Å². The van der Waals surface area contributed by atoms with Crippen molar-refractivity contribution in [1.82, 2.24) is 0 Å². The fourth-order valence-corrected chi connectivity index (χ4v) is 9.74. The van der Waals surface area contributed by atoms with Crippen molar-refractivity contribution in [1.29, 1.82) is 0 Å². The van der Waals surface area contributed by atoms with E-state index in [1.165, 1.54) is 212 Å². The lowest BCUT2D eigenvalue weighted by Crippen LogP contribution is -2.44. The van der Waals surface area contributed by atoms with Crippen LogP contribution in [-0.2, 0) is 33.3 Å². The molecule has 0 saturated heterocycles. The minimum absolute atomic E-state index is 0.147. The number of carboxylic acids is 1. The van der Waals surface area contributed by atoms with Crippen LogP contribution in [0.3, 0.4) is 0 Å². The maximum atomic E-state index is 12.9. The Kier molecular flexibility index (Phi) is 60.2. The standard InChI is InChI=1S/C72H129NO8/c1-6-8-10-12-14-16-18-20-22-24-26-27-28-29-30-31-32-33-34-35-36-37-38-39-40-41-42-43-45-47-49-51-53-55-57-59-61-63-70(75)81-68(67-80-72(71(76)77)78-65-64-73(3,4)5)66-79-69(74)62-60-58-56-54-52-50-48-46-44-25-23-21-19-17-15-13-11-9-7-2/h8,10,14-17,20-23,26-27,68,72H,6-7,9,11-13,18-19,24-25,28-67H2,1-5H3/b10-8-,16-14-,17-15-,22-20-,23-21-,27-26-. The van der Waals surface area contributed by atoms with E-state index in [2.05, 4.69) is 86.8 Å². The topological polar surface area (TPSA) is 111 Å². The Morgan fingerprint density at radius 3 is 1.05 bits per heavy atom. The monoisotopic (exact) mass is 1140 g/mol.